The molecule has 0 heterocycles. The summed E-state index contributed by atoms with van der Waals surface area (Å²) in [7, 11) is 0.936. The topological polar surface area (TPSA) is 3.24 Å². The molecule has 0 atom stereocenters. The maximum atomic E-state index is 2.69. The van der Waals surface area contributed by atoms with Crippen molar-refractivity contribution < 1.29 is 0 Å². The highest BCUT2D eigenvalue weighted by molar-refractivity contribution is 7.84. The fraction of sp³-hybridized carbons (Fsp3) is 0.172. The summed E-state index contributed by atoms with van der Waals surface area (Å²) in [6.07, 6.45) is 0. The average Bonchev–Trinajstić information content (AvgIpc) is 2.79. The van der Waals surface area contributed by atoms with E-state index < -0.39 is 16.1 Å². The number of rotatable bonds is 6. The molecule has 4 aromatic rings. The maximum Gasteiger partial charge on any atom is 0.0325 e. The Bertz CT molecular complexity index is 1030. The molecule has 4 aromatic carbocycles. The van der Waals surface area contributed by atoms with Gasteiger partial charge >= 0.3 is 0 Å². The summed E-state index contributed by atoms with van der Waals surface area (Å²) in [6, 6.07) is 35.7. The van der Waals surface area contributed by atoms with E-state index in [1.165, 1.54) is 43.5 Å². The molecule has 4 rings (SSSR count). The van der Waals surface area contributed by atoms with Crippen LogP contribution in [0.25, 0.3) is 0 Å². The van der Waals surface area contributed by atoms with E-state index in [0.29, 0.717) is 0 Å². The van der Waals surface area contributed by atoms with Gasteiger partial charge in [-0.2, -0.15) is 0 Å². The third-order valence-corrected chi connectivity index (χ3v) is 12.0. The first-order chi connectivity index (χ1) is 15.5. The van der Waals surface area contributed by atoms with Crippen LogP contribution in [-0.2, 0) is 0 Å². The molecular weight excluding hydrogens is 424 g/mol. The highest BCUT2D eigenvalue weighted by Gasteiger charge is 2.31. The van der Waals surface area contributed by atoms with Gasteiger partial charge in [-0.25, -0.2) is 4.44 Å². The van der Waals surface area contributed by atoms with Crippen molar-refractivity contribution >= 4 is 37.4 Å². The molecule has 0 spiro atoms. The molecule has 0 unspecified atom stereocenters. The van der Waals surface area contributed by atoms with E-state index in [0.717, 1.165) is 0 Å². The lowest BCUT2D eigenvalue weighted by Crippen LogP contribution is -2.32. The zero-order chi connectivity index (χ0) is 22.7. The van der Waals surface area contributed by atoms with E-state index in [4.69, 9.17) is 0 Å². The van der Waals surface area contributed by atoms with Crippen LogP contribution in [0.5, 0.6) is 0 Å². The molecule has 0 aromatic heterocycles. The second kappa shape index (κ2) is 10.1. The molecule has 1 nitrogen and oxygen atoms in total. The van der Waals surface area contributed by atoms with Gasteiger partial charge in [0, 0.05) is 16.1 Å². The zero-order valence-electron chi connectivity index (χ0n) is 19.6. The highest BCUT2D eigenvalue weighted by atomic mass is 31.2. The van der Waals surface area contributed by atoms with Gasteiger partial charge in [0.05, 0.1) is 0 Å². The van der Waals surface area contributed by atoms with Crippen LogP contribution in [0.3, 0.4) is 0 Å². The first-order valence-electron chi connectivity index (χ1n) is 11.1. The normalized spacial score (nSPS) is 11.5. The van der Waals surface area contributed by atoms with Crippen LogP contribution in [0.15, 0.2) is 97.1 Å². The molecule has 0 amide bonds. The molecule has 0 bridgehead atoms. The van der Waals surface area contributed by atoms with Gasteiger partial charge in [-0.15, -0.1) is 0 Å². The SMILES string of the molecule is Cc1ccccc1P(c1ccccc1C)N(C)P(c1ccccc1C)c1ccccc1C. The molecule has 0 fully saturated rings. The van der Waals surface area contributed by atoms with Gasteiger partial charge in [-0.3, -0.25) is 0 Å². The average molecular weight is 456 g/mol. The molecule has 0 aliphatic rings. The molecule has 0 aliphatic heterocycles. The summed E-state index contributed by atoms with van der Waals surface area (Å²) >= 11 is 0. The molecule has 0 radical (unpaired) electrons. The van der Waals surface area contributed by atoms with Crippen LogP contribution in [-0.4, -0.2) is 11.5 Å². The second-order valence-corrected chi connectivity index (χ2v) is 12.9. The predicted molar refractivity (Wildman–Crippen MR) is 145 cm³/mol. The predicted octanol–water partition coefficient (Wildman–Crippen LogP) is 6.25. The summed E-state index contributed by atoms with van der Waals surface area (Å²) in [5.41, 5.74) is 5.44. The fourth-order valence-electron chi connectivity index (χ4n) is 4.18. The van der Waals surface area contributed by atoms with E-state index in [2.05, 4.69) is 136 Å². The summed E-state index contributed by atoms with van der Waals surface area (Å²) in [4.78, 5) is 0. The van der Waals surface area contributed by atoms with Gasteiger partial charge in [0.2, 0.25) is 0 Å². The third kappa shape index (κ3) is 4.57. The Morgan fingerprint density at radius 1 is 0.406 bits per heavy atom. The van der Waals surface area contributed by atoms with Crippen LogP contribution in [0.4, 0.5) is 0 Å². The fourth-order valence-corrected chi connectivity index (χ4v) is 10.4. The lowest BCUT2D eigenvalue weighted by atomic mass is 10.2. The van der Waals surface area contributed by atoms with Crippen molar-refractivity contribution in [1.29, 1.82) is 0 Å². The Morgan fingerprint density at radius 2 is 0.625 bits per heavy atom. The largest absolute Gasteiger partial charge is 0.248 e. The Labute approximate surface area is 195 Å². The molecular formula is C29H31NP2. The molecule has 162 valence electrons. The van der Waals surface area contributed by atoms with Crippen LogP contribution in [0.2, 0.25) is 0 Å². The first-order valence-corrected chi connectivity index (χ1v) is 13.6. The molecule has 32 heavy (non-hydrogen) atoms. The van der Waals surface area contributed by atoms with Gasteiger partial charge in [-0.1, -0.05) is 97.1 Å². The minimum absolute atomic E-state index is 0.703. The van der Waals surface area contributed by atoms with E-state index in [-0.39, 0.29) is 0 Å². The van der Waals surface area contributed by atoms with Gasteiger partial charge < -0.3 is 0 Å². The Balaban J connectivity index is 1.96. The van der Waals surface area contributed by atoms with E-state index in [1.54, 1.807) is 0 Å². The van der Waals surface area contributed by atoms with Crippen molar-refractivity contribution in [2.24, 2.45) is 0 Å². The molecule has 3 heteroatoms. The van der Waals surface area contributed by atoms with E-state index >= 15 is 0 Å². The van der Waals surface area contributed by atoms with Crippen molar-refractivity contribution in [3.8, 4) is 0 Å². The summed E-state index contributed by atoms with van der Waals surface area (Å²) < 4.78 is 2.69. The third-order valence-electron chi connectivity index (χ3n) is 5.95. The van der Waals surface area contributed by atoms with Crippen molar-refractivity contribution in [3.63, 3.8) is 0 Å². The lowest BCUT2D eigenvalue weighted by molar-refractivity contribution is 0.910. The molecule has 0 saturated heterocycles. The number of aryl methyl sites for hydroxylation is 4. The van der Waals surface area contributed by atoms with Crippen molar-refractivity contribution in [2.45, 2.75) is 27.7 Å². The minimum Gasteiger partial charge on any atom is -0.248 e. The standard InChI is InChI=1S/C29H31NP2/c1-22-14-6-10-18-26(22)31(27-19-11-7-15-23(27)2)30(5)32(28-20-12-8-16-24(28)3)29-21-13-9-17-25(29)4/h6-21H,1-5H3. The van der Waals surface area contributed by atoms with Gasteiger partial charge in [-0.05, 0) is 78.2 Å². The molecule has 0 aliphatic carbocycles. The number of nitrogens with zero attached hydrogens (tertiary/aromatic N) is 1. The van der Waals surface area contributed by atoms with Crippen LogP contribution >= 0.6 is 16.1 Å². The second-order valence-electron chi connectivity index (χ2n) is 8.26. The number of hydrogen-bond acceptors (Lipinski definition) is 1. The van der Waals surface area contributed by atoms with Crippen molar-refractivity contribution in [1.82, 2.24) is 4.44 Å². The van der Waals surface area contributed by atoms with Crippen LogP contribution in [0.1, 0.15) is 22.3 Å². The monoisotopic (exact) mass is 455 g/mol. The van der Waals surface area contributed by atoms with Crippen LogP contribution in [0, 0.1) is 27.7 Å². The summed E-state index contributed by atoms with van der Waals surface area (Å²) in [5.74, 6) is 0. The van der Waals surface area contributed by atoms with Crippen molar-refractivity contribution in [3.05, 3.63) is 119 Å². The smallest absolute Gasteiger partial charge is 0.0325 e. The van der Waals surface area contributed by atoms with Gasteiger partial charge in [0.1, 0.15) is 0 Å². The van der Waals surface area contributed by atoms with Crippen LogP contribution < -0.4 is 21.2 Å². The summed E-state index contributed by atoms with van der Waals surface area (Å²) in [5, 5.41) is 5.76. The number of benzene rings is 4. The lowest BCUT2D eigenvalue weighted by Gasteiger charge is -2.38. The Kier molecular flexibility index (Phi) is 7.22. The zero-order valence-corrected chi connectivity index (χ0v) is 21.4. The Hall–Kier alpha value is -2.30. The summed E-state index contributed by atoms with van der Waals surface area (Å²) in [6.45, 7) is 9.00. The Morgan fingerprint density at radius 3 is 0.844 bits per heavy atom. The first kappa shape index (κ1) is 22.9. The van der Waals surface area contributed by atoms with Gasteiger partial charge in [0.15, 0.2) is 0 Å². The number of hydrogen-bond donors (Lipinski definition) is 0. The quantitative estimate of drug-likeness (QED) is 0.311. The van der Waals surface area contributed by atoms with E-state index in [9.17, 15) is 0 Å². The highest BCUT2D eigenvalue weighted by Crippen LogP contribution is 2.54. The van der Waals surface area contributed by atoms with Crippen molar-refractivity contribution in [2.75, 3.05) is 7.05 Å². The molecule has 0 saturated carbocycles. The molecule has 0 N–H and O–H groups in total. The minimum atomic E-state index is -0.703. The van der Waals surface area contributed by atoms with Gasteiger partial charge in [0.25, 0.3) is 0 Å². The van der Waals surface area contributed by atoms with E-state index in [1.807, 2.05) is 0 Å². The maximum absolute atomic E-state index is 2.69.